The number of hydrogen-bond acceptors (Lipinski definition) is 2. The summed E-state index contributed by atoms with van der Waals surface area (Å²) in [5.41, 5.74) is 8.76. The van der Waals surface area contributed by atoms with E-state index >= 15 is 0 Å². The summed E-state index contributed by atoms with van der Waals surface area (Å²) < 4.78 is 0. The molecule has 3 N–H and O–H groups in total. The van der Waals surface area contributed by atoms with Crippen LogP contribution in [-0.4, -0.2) is 6.04 Å². The van der Waals surface area contributed by atoms with E-state index in [2.05, 4.69) is 26.1 Å². The van der Waals surface area contributed by atoms with Gasteiger partial charge in [-0.25, -0.2) is 0 Å². The molecule has 1 aliphatic carbocycles. The first-order chi connectivity index (χ1) is 8.45. The summed E-state index contributed by atoms with van der Waals surface area (Å²) in [5.74, 6) is 1.60. The molecule has 0 spiro atoms. The smallest absolute Gasteiger partial charge is 0.0656 e. The monoisotopic (exact) mass is 266 g/mol. The average Bonchev–Trinajstić information content (AvgIpc) is 2.24. The second-order valence-electron chi connectivity index (χ2n) is 5.95. The van der Waals surface area contributed by atoms with Gasteiger partial charge in [-0.1, -0.05) is 25.4 Å². The predicted molar refractivity (Wildman–Crippen MR) is 80.2 cm³/mol. The van der Waals surface area contributed by atoms with Crippen molar-refractivity contribution in [2.45, 2.75) is 46.1 Å². The van der Waals surface area contributed by atoms with Gasteiger partial charge in [-0.2, -0.15) is 0 Å². The van der Waals surface area contributed by atoms with Crippen molar-refractivity contribution < 1.29 is 0 Å². The van der Waals surface area contributed by atoms with Gasteiger partial charge in [-0.05, 0) is 55.7 Å². The molecule has 0 bridgehead atoms. The number of nitrogens with two attached hydrogens (primary N) is 1. The molecule has 1 fully saturated rings. The molecule has 2 rings (SSSR count). The maximum Gasteiger partial charge on any atom is 0.0656 e. The molecule has 1 aliphatic rings. The minimum atomic E-state index is 0.558. The molecule has 2 nitrogen and oxygen atoms in total. The number of hydrogen-bond donors (Lipinski definition) is 2. The molecule has 2 unspecified atom stereocenters. The van der Waals surface area contributed by atoms with E-state index in [1.54, 1.807) is 0 Å². The third-order valence-electron chi connectivity index (χ3n) is 3.88. The van der Waals surface area contributed by atoms with E-state index in [-0.39, 0.29) is 0 Å². The number of nitrogens with one attached hydrogen (secondary N) is 1. The van der Waals surface area contributed by atoms with Gasteiger partial charge in [-0.15, -0.1) is 0 Å². The summed E-state index contributed by atoms with van der Waals surface area (Å²) in [7, 11) is 0. The van der Waals surface area contributed by atoms with Gasteiger partial charge in [0.25, 0.3) is 0 Å². The predicted octanol–water partition coefficient (Wildman–Crippen LogP) is 4.47. The van der Waals surface area contributed by atoms with Crippen molar-refractivity contribution in [1.82, 2.24) is 0 Å². The molecule has 1 aromatic rings. The largest absolute Gasteiger partial charge is 0.398 e. The first kappa shape index (κ1) is 13.5. The molecule has 0 heterocycles. The molecule has 3 heteroatoms. The summed E-state index contributed by atoms with van der Waals surface area (Å²) in [6, 6.07) is 4.46. The van der Waals surface area contributed by atoms with Crippen molar-refractivity contribution >= 4 is 23.0 Å². The van der Waals surface area contributed by atoms with Crippen LogP contribution in [0.25, 0.3) is 0 Å². The molecular formula is C15H23ClN2. The number of halogens is 1. The van der Waals surface area contributed by atoms with Gasteiger partial charge in [-0.3, -0.25) is 0 Å². The van der Waals surface area contributed by atoms with Gasteiger partial charge in [0.2, 0.25) is 0 Å². The number of nitrogen functional groups attached to an aromatic ring is 1. The number of aryl methyl sites for hydroxylation is 1. The van der Waals surface area contributed by atoms with Crippen molar-refractivity contribution in [1.29, 1.82) is 0 Å². The first-order valence-electron chi connectivity index (χ1n) is 6.78. The lowest BCUT2D eigenvalue weighted by Gasteiger charge is -2.33. The fourth-order valence-electron chi connectivity index (χ4n) is 3.14. The normalized spacial score (nSPS) is 28.1. The van der Waals surface area contributed by atoms with Crippen LogP contribution in [0.3, 0.4) is 0 Å². The first-order valence-corrected chi connectivity index (χ1v) is 7.15. The zero-order chi connectivity index (χ0) is 13.3. The Morgan fingerprint density at radius 3 is 2.39 bits per heavy atom. The zero-order valence-corrected chi connectivity index (χ0v) is 12.2. The van der Waals surface area contributed by atoms with Gasteiger partial charge in [0.15, 0.2) is 0 Å². The van der Waals surface area contributed by atoms with Crippen molar-refractivity contribution in [3.63, 3.8) is 0 Å². The average molecular weight is 267 g/mol. The maximum atomic E-state index is 6.10. The minimum absolute atomic E-state index is 0.558. The lowest BCUT2D eigenvalue weighted by Crippen LogP contribution is -2.30. The van der Waals surface area contributed by atoms with Crippen LogP contribution in [-0.2, 0) is 0 Å². The van der Waals surface area contributed by atoms with E-state index in [4.69, 9.17) is 17.3 Å². The number of anilines is 2. The zero-order valence-electron chi connectivity index (χ0n) is 11.5. The van der Waals surface area contributed by atoms with Crippen LogP contribution >= 0.6 is 11.6 Å². The molecule has 18 heavy (non-hydrogen) atoms. The van der Waals surface area contributed by atoms with E-state index in [0.717, 1.165) is 17.5 Å². The van der Waals surface area contributed by atoms with Crippen LogP contribution in [0.4, 0.5) is 11.4 Å². The van der Waals surface area contributed by atoms with Gasteiger partial charge >= 0.3 is 0 Å². The molecular weight excluding hydrogens is 244 g/mol. The molecule has 100 valence electrons. The molecule has 0 radical (unpaired) electrons. The SMILES string of the molecule is Cc1cc(N)c(Cl)cc1NC1CC(C)CC(C)C1. The van der Waals surface area contributed by atoms with Crippen LogP contribution in [0, 0.1) is 18.8 Å². The van der Waals surface area contributed by atoms with Gasteiger partial charge in [0.05, 0.1) is 10.7 Å². The second-order valence-corrected chi connectivity index (χ2v) is 6.35. The molecule has 1 aromatic carbocycles. The number of benzene rings is 1. The third kappa shape index (κ3) is 3.11. The Balaban J connectivity index is 2.11. The molecule has 0 aromatic heterocycles. The highest BCUT2D eigenvalue weighted by atomic mass is 35.5. The lowest BCUT2D eigenvalue weighted by molar-refractivity contribution is 0.281. The molecule has 2 atom stereocenters. The summed E-state index contributed by atoms with van der Waals surface area (Å²) >= 11 is 6.10. The Morgan fingerprint density at radius 1 is 1.17 bits per heavy atom. The van der Waals surface area contributed by atoms with Crippen molar-refractivity contribution in [2.24, 2.45) is 11.8 Å². The number of rotatable bonds is 2. The summed E-state index contributed by atoms with van der Waals surface area (Å²) in [4.78, 5) is 0. The fourth-order valence-corrected chi connectivity index (χ4v) is 3.31. The van der Waals surface area contributed by atoms with Crippen molar-refractivity contribution in [3.8, 4) is 0 Å². The van der Waals surface area contributed by atoms with Crippen molar-refractivity contribution in [3.05, 3.63) is 22.7 Å². The highest BCUT2D eigenvalue weighted by molar-refractivity contribution is 6.33. The van der Waals surface area contributed by atoms with E-state index in [1.165, 1.54) is 24.8 Å². The van der Waals surface area contributed by atoms with E-state index < -0.39 is 0 Å². The van der Waals surface area contributed by atoms with Crippen LogP contribution in [0.5, 0.6) is 0 Å². The van der Waals surface area contributed by atoms with E-state index in [9.17, 15) is 0 Å². The second kappa shape index (κ2) is 5.40. The third-order valence-corrected chi connectivity index (χ3v) is 4.21. The Bertz CT molecular complexity index is 421. The van der Waals surface area contributed by atoms with E-state index in [1.807, 2.05) is 12.1 Å². The summed E-state index contributed by atoms with van der Waals surface area (Å²) in [6.07, 6.45) is 3.83. The van der Waals surface area contributed by atoms with Crippen molar-refractivity contribution in [2.75, 3.05) is 11.1 Å². The lowest BCUT2D eigenvalue weighted by atomic mass is 9.80. The van der Waals surface area contributed by atoms with Crippen LogP contribution in [0.15, 0.2) is 12.1 Å². The van der Waals surface area contributed by atoms with E-state index in [0.29, 0.717) is 16.8 Å². The van der Waals surface area contributed by atoms with Gasteiger partial charge in [0.1, 0.15) is 0 Å². The molecule has 0 saturated heterocycles. The Kier molecular flexibility index (Phi) is 4.06. The minimum Gasteiger partial charge on any atom is -0.398 e. The topological polar surface area (TPSA) is 38.0 Å². The summed E-state index contributed by atoms with van der Waals surface area (Å²) in [6.45, 7) is 6.75. The van der Waals surface area contributed by atoms with Crippen LogP contribution < -0.4 is 11.1 Å². The Labute approximate surface area is 115 Å². The van der Waals surface area contributed by atoms with Crippen LogP contribution in [0.2, 0.25) is 5.02 Å². The van der Waals surface area contributed by atoms with Gasteiger partial charge < -0.3 is 11.1 Å². The fraction of sp³-hybridized carbons (Fsp3) is 0.600. The van der Waals surface area contributed by atoms with Crippen LogP contribution in [0.1, 0.15) is 38.7 Å². The molecule has 1 saturated carbocycles. The van der Waals surface area contributed by atoms with Gasteiger partial charge in [0, 0.05) is 11.7 Å². The quantitative estimate of drug-likeness (QED) is 0.775. The Morgan fingerprint density at radius 2 is 1.78 bits per heavy atom. The summed E-state index contributed by atoms with van der Waals surface area (Å²) in [5, 5.41) is 4.28. The Hall–Kier alpha value is -0.890. The maximum absolute atomic E-state index is 6.10. The highest BCUT2D eigenvalue weighted by Crippen LogP contribution is 2.33. The highest BCUT2D eigenvalue weighted by Gasteiger charge is 2.24. The standard InChI is InChI=1S/C15H23ClN2/c1-9-4-10(2)6-12(5-9)18-15-8-13(16)14(17)7-11(15)3/h7-10,12,18H,4-6,17H2,1-3H3. The molecule has 0 aliphatic heterocycles. The molecule has 0 amide bonds.